The van der Waals surface area contributed by atoms with Crippen LogP contribution < -0.4 is 10.1 Å². The van der Waals surface area contributed by atoms with Crippen LogP contribution in [0.4, 0.5) is 0 Å². The van der Waals surface area contributed by atoms with E-state index in [-0.39, 0.29) is 11.5 Å². The molecule has 0 atom stereocenters. The number of fused-ring (bicyclic) bond motifs is 2. The lowest BCUT2D eigenvalue weighted by atomic mass is 9.87. The van der Waals surface area contributed by atoms with Crippen LogP contribution in [0.25, 0.3) is 0 Å². The molecule has 0 bridgehead atoms. The summed E-state index contributed by atoms with van der Waals surface area (Å²) < 4.78 is 11.4. The molecule has 2 heterocycles. The zero-order valence-corrected chi connectivity index (χ0v) is 12.1. The Hall–Kier alpha value is -1.84. The van der Waals surface area contributed by atoms with Gasteiger partial charge < -0.3 is 14.8 Å². The molecule has 0 aliphatic carbocycles. The van der Waals surface area contributed by atoms with Gasteiger partial charge in [0.2, 0.25) is 0 Å². The van der Waals surface area contributed by atoms with Crippen LogP contribution in [-0.4, -0.2) is 19.8 Å². The molecule has 4 rings (SSSR count). The predicted octanol–water partition coefficient (Wildman–Crippen LogP) is 3.51. The Kier molecular flexibility index (Phi) is 2.98. The Bertz CT molecular complexity index is 618. The van der Waals surface area contributed by atoms with Gasteiger partial charge in [-0.25, -0.2) is 0 Å². The molecule has 2 aromatic rings. The van der Waals surface area contributed by atoms with E-state index in [9.17, 15) is 0 Å². The van der Waals surface area contributed by atoms with Crippen LogP contribution in [0.3, 0.4) is 0 Å². The van der Waals surface area contributed by atoms with Gasteiger partial charge >= 0.3 is 0 Å². The van der Waals surface area contributed by atoms with E-state index in [1.54, 1.807) is 0 Å². The number of rotatable bonds is 3. The van der Waals surface area contributed by atoms with Gasteiger partial charge in [0.25, 0.3) is 0 Å². The summed E-state index contributed by atoms with van der Waals surface area (Å²) in [4.78, 5) is 0. The molecule has 0 radical (unpaired) electrons. The van der Waals surface area contributed by atoms with E-state index >= 15 is 0 Å². The highest BCUT2D eigenvalue weighted by molar-refractivity contribution is 5.52. The first-order chi connectivity index (χ1) is 10.3. The third-order valence-corrected chi connectivity index (χ3v) is 4.31. The Morgan fingerprint density at radius 3 is 2.10 bits per heavy atom. The van der Waals surface area contributed by atoms with Crippen molar-refractivity contribution < 1.29 is 9.47 Å². The number of nitrogens with one attached hydrogen (secondary N) is 1. The van der Waals surface area contributed by atoms with Gasteiger partial charge in [0.15, 0.2) is 0 Å². The second-order valence-corrected chi connectivity index (χ2v) is 6.30. The average molecular weight is 281 g/mol. The van der Waals surface area contributed by atoms with Crippen LogP contribution in [0.1, 0.15) is 24.1 Å². The van der Waals surface area contributed by atoms with E-state index in [1.165, 1.54) is 11.1 Å². The minimum atomic E-state index is 0.184. The first kappa shape index (κ1) is 12.9. The first-order valence-corrected chi connectivity index (χ1v) is 7.42. The number of para-hydroxylation sites is 2. The minimum Gasteiger partial charge on any atom is -0.457 e. The fourth-order valence-electron chi connectivity index (χ4n) is 3.03. The second-order valence-electron chi connectivity index (χ2n) is 6.30. The summed E-state index contributed by atoms with van der Waals surface area (Å²) in [5.41, 5.74) is 2.67. The lowest BCUT2D eigenvalue weighted by Gasteiger charge is -2.40. The SMILES string of the molecule is CC1(CNC2c3ccccc3Oc3ccccc32)COC1. The molecule has 1 saturated heterocycles. The molecule has 21 heavy (non-hydrogen) atoms. The van der Waals surface area contributed by atoms with Crippen LogP contribution >= 0.6 is 0 Å². The molecule has 108 valence electrons. The number of benzene rings is 2. The standard InChI is InChI=1S/C18H19NO2/c1-18(11-20-12-18)10-19-17-13-6-2-4-8-15(13)21-16-9-5-3-7-14(16)17/h2-9,17,19H,10-12H2,1H3. The van der Waals surface area contributed by atoms with Gasteiger partial charge in [-0.2, -0.15) is 0 Å². The monoisotopic (exact) mass is 281 g/mol. The Morgan fingerprint density at radius 1 is 1.00 bits per heavy atom. The van der Waals surface area contributed by atoms with Gasteiger partial charge in [0.05, 0.1) is 19.3 Å². The molecule has 0 spiro atoms. The molecule has 0 amide bonds. The number of hydrogen-bond acceptors (Lipinski definition) is 3. The predicted molar refractivity (Wildman–Crippen MR) is 81.7 cm³/mol. The van der Waals surface area contributed by atoms with E-state index < -0.39 is 0 Å². The van der Waals surface area contributed by atoms with Crippen molar-refractivity contribution in [2.45, 2.75) is 13.0 Å². The third kappa shape index (κ3) is 2.23. The maximum Gasteiger partial charge on any atom is 0.132 e. The zero-order valence-electron chi connectivity index (χ0n) is 12.1. The van der Waals surface area contributed by atoms with Gasteiger partial charge in [-0.15, -0.1) is 0 Å². The fraction of sp³-hybridized carbons (Fsp3) is 0.333. The highest BCUT2D eigenvalue weighted by atomic mass is 16.5. The van der Waals surface area contributed by atoms with Crippen molar-refractivity contribution in [2.24, 2.45) is 5.41 Å². The number of hydrogen-bond donors (Lipinski definition) is 1. The van der Waals surface area contributed by atoms with Gasteiger partial charge in [-0.1, -0.05) is 43.3 Å². The quantitative estimate of drug-likeness (QED) is 0.934. The van der Waals surface area contributed by atoms with Crippen LogP contribution in [0, 0.1) is 5.41 Å². The molecule has 3 nitrogen and oxygen atoms in total. The molecule has 0 saturated carbocycles. The van der Waals surface area contributed by atoms with Gasteiger partial charge in [-0.3, -0.25) is 0 Å². The summed E-state index contributed by atoms with van der Waals surface area (Å²) in [6.07, 6.45) is 0. The highest BCUT2D eigenvalue weighted by Crippen LogP contribution is 2.42. The summed E-state index contributed by atoms with van der Waals surface area (Å²) in [6, 6.07) is 16.7. The van der Waals surface area contributed by atoms with E-state index in [2.05, 4.69) is 36.5 Å². The molecule has 0 aromatic heterocycles. The smallest absolute Gasteiger partial charge is 0.132 e. The van der Waals surface area contributed by atoms with E-state index in [0.29, 0.717) is 0 Å². The molecular formula is C18H19NO2. The van der Waals surface area contributed by atoms with Gasteiger partial charge in [-0.05, 0) is 12.1 Å². The Balaban J connectivity index is 1.68. The second kappa shape index (κ2) is 4.86. The molecule has 0 unspecified atom stereocenters. The summed E-state index contributed by atoms with van der Waals surface area (Å²) in [5, 5.41) is 3.72. The van der Waals surface area contributed by atoms with E-state index in [0.717, 1.165) is 31.3 Å². The van der Waals surface area contributed by atoms with Crippen molar-refractivity contribution in [2.75, 3.05) is 19.8 Å². The topological polar surface area (TPSA) is 30.5 Å². The summed E-state index contributed by atoms with van der Waals surface area (Å²) in [5.74, 6) is 1.90. The first-order valence-electron chi connectivity index (χ1n) is 7.42. The van der Waals surface area contributed by atoms with Gasteiger partial charge in [0.1, 0.15) is 11.5 Å². The largest absolute Gasteiger partial charge is 0.457 e. The van der Waals surface area contributed by atoms with Crippen LogP contribution in [0.15, 0.2) is 48.5 Å². The minimum absolute atomic E-state index is 0.184. The van der Waals surface area contributed by atoms with Crippen molar-refractivity contribution in [1.82, 2.24) is 5.32 Å². The van der Waals surface area contributed by atoms with Crippen LogP contribution in [0.5, 0.6) is 11.5 Å². The lowest BCUT2D eigenvalue weighted by molar-refractivity contribution is -0.0997. The van der Waals surface area contributed by atoms with Crippen molar-refractivity contribution in [3.05, 3.63) is 59.7 Å². The lowest BCUT2D eigenvalue weighted by Crippen LogP contribution is -2.48. The zero-order chi connectivity index (χ0) is 14.3. The average Bonchev–Trinajstić information content (AvgIpc) is 2.49. The summed E-state index contributed by atoms with van der Waals surface area (Å²) in [7, 11) is 0. The van der Waals surface area contributed by atoms with Crippen molar-refractivity contribution in [1.29, 1.82) is 0 Å². The molecule has 2 aliphatic heterocycles. The van der Waals surface area contributed by atoms with Crippen LogP contribution in [-0.2, 0) is 4.74 Å². The molecule has 1 fully saturated rings. The Morgan fingerprint density at radius 2 is 1.57 bits per heavy atom. The molecule has 1 N–H and O–H groups in total. The molecular weight excluding hydrogens is 262 g/mol. The number of ether oxygens (including phenoxy) is 2. The van der Waals surface area contributed by atoms with E-state index in [1.807, 2.05) is 24.3 Å². The Labute approximate surface area is 124 Å². The summed E-state index contributed by atoms with van der Waals surface area (Å²) in [6.45, 7) is 4.89. The summed E-state index contributed by atoms with van der Waals surface area (Å²) >= 11 is 0. The molecule has 3 heteroatoms. The maximum absolute atomic E-state index is 6.02. The van der Waals surface area contributed by atoms with Crippen molar-refractivity contribution in [3.63, 3.8) is 0 Å². The normalized spacial score (nSPS) is 19.1. The van der Waals surface area contributed by atoms with Crippen LogP contribution in [0.2, 0.25) is 0 Å². The maximum atomic E-state index is 6.02. The fourth-order valence-corrected chi connectivity index (χ4v) is 3.03. The molecule has 2 aliphatic rings. The van der Waals surface area contributed by atoms with Crippen molar-refractivity contribution >= 4 is 0 Å². The van der Waals surface area contributed by atoms with E-state index in [4.69, 9.17) is 9.47 Å². The molecule has 2 aromatic carbocycles. The van der Waals surface area contributed by atoms with Crippen molar-refractivity contribution in [3.8, 4) is 11.5 Å². The third-order valence-electron chi connectivity index (χ3n) is 4.31. The highest BCUT2D eigenvalue weighted by Gasteiger charge is 2.35. The van der Waals surface area contributed by atoms with Gasteiger partial charge in [0, 0.05) is 23.1 Å².